The maximum absolute atomic E-state index is 12.6. The zero-order valence-electron chi connectivity index (χ0n) is 8.84. The Morgan fingerprint density at radius 1 is 1.47 bits per heavy atom. The van der Waals surface area contributed by atoms with Crippen LogP contribution in [-0.2, 0) is 11.2 Å². The summed E-state index contributed by atoms with van der Waals surface area (Å²) in [7, 11) is 0. The van der Waals surface area contributed by atoms with Crippen LogP contribution in [0.2, 0.25) is 0 Å². The van der Waals surface area contributed by atoms with E-state index in [0.717, 1.165) is 6.07 Å². The minimum absolute atomic E-state index is 0.276. The highest BCUT2D eigenvalue weighted by atomic mass is 127. The van der Waals surface area contributed by atoms with Crippen molar-refractivity contribution in [2.45, 2.75) is 19.2 Å². The Balaban J connectivity index is 3.27. The van der Waals surface area contributed by atoms with E-state index in [4.69, 9.17) is 5.11 Å². The molecule has 0 aliphatic rings. The molecule has 0 aliphatic heterocycles. The maximum atomic E-state index is 12.6. The molecule has 1 rings (SSSR count). The Bertz CT molecular complexity index is 491. The van der Waals surface area contributed by atoms with Gasteiger partial charge in [-0.05, 0) is 28.7 Å². The first-order valence-electron chi connectivity index (χ1n) is 4.55. The normalized spacial score (nSPS) is 11.7. The van der Waals surface area contributed by atoms with Gasteiger partial charge < -0.3 is 9.84 Å². The average Bonchev–Trinajstić information content (AvgIpc) is 2.18. The van der Waals surface area contributed by atoms with E-state index in [-0.39, 0.29) is 9.26 Å². The predicted molar refractivity (Wildman–Crippen MR) is 59.9 cm³/mol. The van der Waals surface area contributed by atoms with Gasteiger partial charge in [0.1, 0.15) is 5.69 Å². The van der Waals surface area contributed by atoms with Crippen LogP contribution >= 0.6 is 22.6 Å². The van der Waals surface area contributed by atoms with Crippen molar-refractivity contribution in [2.24, 2.45) is 0 Å². The third-order valence-corrected chi connectivity index (χ3v) is 2.57. The Kier molecular flexibility index (Phi) is 4.87. The molecule has 0 aliphatic carbocycles. The summed E-state index contributed by atoms with van der Waals surface area (Å²) in [5, 5.41) is 8.50. The van der Waals surface area contributed by atoms with Gasteiger partial charge >= 0.3 is 12.3 Å². The number of pyridine rings is 1. The molecule has 0 amide bonds. The number of hydrogen-bond acceptors (Lipinski definition) is 3. The number of nitrogens with zero attached hydrogens (tertiary/aromatic N) is 1. The number of aliphatic carboxylic acids is 1. The van der Waals surface area contributed by atoms with E-state index >= 15 is 0 Å². The number of halogens is 6. The lowest BCUT2D eigenvalue weighted by Gasteiger charge is -2.15. The number of rotatable bonds is 4. The van der Waals surface area contributed by atoms with Gasteiger partial charge in [-0.2, -0.15) is 0 Å². The summed E-state index contributed by atoms with van der Waals surface area (Å²) >= 11 is 1.34. The van der Waals surface area contributed by atoms with Crippen molar-refractivity contribution in [3.05, 3.63) is 21.0 Å². The molecule has 0 saturated carbocycles. The van der Waals surface area contributed by atoms with Gasteiger partial charge in [-0.3, -0.25) is 4.79 Å². The molecular weight excluding hydrogens is 392 g/mol. The van der Waals surface area contributed by atoms with Crippen LogP contribution in [-0.4, -0.2) is 22.4 Å². The van der Waals surface area contributed by atoms with Crippen molar-refractivity contribution < 1.29 is 36.6 Å². The third kappa shape index (κ3) is 4.76. The van der Waals surface area contributed by atoms with E-state index in [1.165, 1.54) is 22.6 Å². The smallest absolute Gasteiger partial charge is 0.481 e. The minimum Gasteiger partial charge on any atom is -0.481 e. The van der Waals surface area contributed by atoms with E-state index in [9.17, 15) is 26.7 Å². The van der Waals surface area contributed by atoms with Crippen molar-refractivity contribution in [3.8, 4) is 5.75 Å². The van der Waals surface area contributed by atoms with Gasteiger partial charge in [0.05, 0.1) is 15.7 Å². The lowest BCUT2D eigenvalue weighted by Crippen LogP contribution is -2.20. The van der Waals surface area contributed by atoms with E-state index in [2.05, 4.69) is 9.72 Å². The Hall–Kier alpha value is -1.20. The number of hydrogen-bond donors (Lipinski definition) is 1. The van der Waals surface area contributed by atoms with Gasteiger partial charge in [0.15, 0.2) is 5.75 Å². The Morgan fingerprint density at radius 2 is 2.05 bits per heavy atom. The molecule has 1 aromatic heterocycles. The van der Waals surface area contributed by atoms with Crippen LogP contribution in [0.3, 0.4) is 0 Å². The molecule has 19 heavy (non-hydrogen) atoms. The fraction of sp³-hybridized carbons (Fsp3) is 0.333. The second-order valence-corrected chi connectivity index (χ2v) is 4.39. The van der Waals surface area contributed by atoms with Gasteiger partial charge in [-0.1, -0.05) is 0 Å². The highest BCUT2D eigenvalue weighted by Gasteiger charge is 2.35. The summed E-state index contributed by atoms with van der Waals surface area (Å²) in [6.45, 7) is 0. The SMILES string of the molecule is O=C(O)Cc1cc(I)c(OC(F)(F)F)c(C(F)F)n1. The number of carboxylic acids is 1. The molecule has 0 aromatic carbocycles. The highest BCUT2D eigenvalue weighted by Crippen LogP contribution is 2.35. The molecule has 1 aromatic rings. The van der Waals surface area contributed by atoms with Gasteiger partial charge in [0, 0.05) is 0 Å². The topological polar surface area (TPSA) is 59.4 Å². The summed E-state index contributed by atoms with van der Waals surface area (Å²) in [6.07, 6.45) is -9.14. The second kappa shape index (κ2) is 5.84. The van der Waals surface area contributed by atoms with E-state index < -0.39 is 36.6 Å². The summed E-state index contributed by atoms with van der Waals surface area (Å²) < 4.78 is 64.7. The van der Waals surface area contributed by atoms with Gasteiger partial charge in [0.2, 0.25) is 0 Å². The summed E-state index contributed by atoms with van der Waals surface area (Å²) in [4.78, 5) is 13.6. The summed E-state index contributed by atoms with van der Waals surface area (Å²) in [6, 6.07) is 0.946. The molecule has 0 fully saturated rings. The standard InChI is InChI=1S/C9H5F5INO3/c10-8(11)6-7(19-9(12,13)14)4(15)1-3(16-6)2-5(17)18/h1,8H,2H2,(H,17,18). The first-order chi connectivity index (χ1) is 8.60. The van der Waals surface area contributed by atoms with Crippen molar-refractivity contribution in [1.82, 2.24) is 4.98 Å². The largest absolute Gasteiger partial charge is 0.573 e. The monoisotopic (exact) mass is 397 g/mol. The van der Waals surface area contributed by atoms with E-state index in [1.807, 2.05) is 0 Å². The van der Waals surface area contributed by atoms with Crippen LogP contribution in [0.15, 0.2) is 6.07 Å². The Morgan fingerprint density at radius 3 is 2.47 bits per heavy atom. The van der Waals surface area contributed by atoms with Gasteiger partial charge in [-0.15, -0.1) is 13.2 Å². The minimum atomic E-state index is -5.14. The van der Waals surface area contributed by atoms with Crippen molar-refractivity contribution >= 4 is 28.6 Å². The number of carboxylic acid groups (broad SMARTS) is 1. The molecule has 106 valence electrons. The average molecular weight is 397 g/mol. The number of ether oxygens (including phenoxy) is 1. The molecule has 0 spiro atoms. The molecule has 0 unspecified atom stereocenters. The summed E-state index contributed by atoms with van der Waals surface area (Å²) in [5.74, 6) is -2.45. The summed E-state index contributed by atoms with van der Waals surface area (Å²) in [5.41, 5.74) is -1.51. The maximum Gasteiger partial charge on any atom is 0.573 e. The zero-order chi connectivity index (χ0) is 14.8. The van der Waals surface area contributed by atoms with Gasteiger partial charge in [-0.25, -0.2) is 13.8 Å². The first kappa shape index (κ1) is 15.9. The molecule has 0 radical (unpaired) electrons. The lowest BCUT2D eigenvalue weighted by atomic mass is 10.2. The molecule has 0 atom stereocenters. The molecule has 1 N–H and O–H groups in total. The number of alkyl halides is 5. The van der Waals surface area contributed by atoms with Crippen LogP contribution in [0.1, 0.15) is 17.8 Å². The van der Waals surface area contributed by atoms with Crippen molar-refractivity contribution in [1.29, 1.82) is 0 Å². The fourth-order valence-corrected chi connectivity index (χ4v) is 1.93. The molecule has 4 nitrogen and oxygen atoms in total. The molecular formula is C9H5F5INO3. The van der Waals surface area contributed by atoms with Crippen molar-refractivity contribution in [2.75, 3.05) is 0 Å². The number of aromatic nitrogens is 1. The Labute approximate surface area is 116 Å². The first-order valence-corrected chi connectivity index (χ1v) is 5.63. The third-order valence-electron chi connectivity index (χ3n) is 1.76. The van der Waals surface area contributed by atoms with E-state index in [0.29, 0.717) is 0 Å². The van der Waals surface area contributed by atoms with Crippen molar-refractivity contribution in [3.63, 3.8) is 0 Å². The highest BCUT2D eigenvalue weighted by molar-refractivity contribution is 14.1. The second-order valence-electron chi connectivity index (χ2n) is 3.23. The predicted octanol–water partition coefficient (Wildman–Crippen LogP) is 3.15. The zero-order valence-corrected chi connectivity index (χ0v) is 11.0. The molecule has 0 bridgehead atoms. The van der Waals surface area contributed by atoms with Crippen LogP contribution in [0, 0.1) is 3.57 Å². The van der Waals surface area contributed by atoms with Crippen LogP contribution in [0.25, 0.3) is 0 Å². The quantitative estimate of drug-likeness (QED) is 0.627. The molecule has 0 saturated heterocycles. The van der Waals surface area contributed by atoms with Crippen LogP contribution in [0.4, 0.5) is 22.0 Å². The fourth-order valence-electron chi connectivity index (χ4n) is 1.18. The lowest BCUT2D eigenvalue weighted by molar-refractivity contribution is -0.275. The molecule has 10 heteroatoms. The van der Waals surface area contributed by atoms with E-state index in [1.54, 1.807) is 0 Å². The van der Waals surface area contributed by atoms with Crippen LogP contribution in [0.5, 0.6) is 5.75 Å². The van der Waals surface area contributed by atoms with Gasteiger partial charge in [0.25, 0.3) is 6.43 Å². The van der Waals surface area contributed by atoms with Crippen LogP contribution < -0.4 is 4.74 Å². The number of carbonyl (C=O) groups is 1. The molecule has 1 heterocycles.